The molecule has 230 valence electrons. The van der Waals surface area contributed by atoms with Gasteiger partial charge in [0, 0.05) is 68.2 Å². The fourth-order valence-corrected chi connectivity index (χ4v) is 6.45. The van der Waals surface area contributed by atoms with Crippen molar-refractivity contribution in [3.8, 4) is 11.3 Å². The number of amides is 2. The Morgan fingerprint density at radius 2 is 1.68 bits per heavy atom. The Morgan fingerprint density at radius 1 is 0.932 bits per heavy atom. The number of carbonyl (C=O) groups excluding carboxylic acids is 2. The smallest absolute Gasteiger partial charge is 0.256 e. The summed E-state index contributed by atoms with van der Waals surface area (Å²) in [5, 5.41) is 3.96. The first-order chi connectivity index (χ1) is 20.4. The number of benzene rings is 2. The Hall–Kier alpha value is -3.92. The summed E-state index contributed by atoms with van der Waals surface area (Å²) in [5.74, 6) is 0.731. The van der Waals surface area contributed by atoms with Crippen molar-refractivity contribution in [3.63, 3.8) is 0 Å². The normalized spacial score (nSPS) is 12.9. The molecule has 0 bridgehead atoms. The van der Waals surface area contributed by atoms with Gasteiger partial charge in [-0.25, -0.2) is 9.97 Å². The van der Waals surface area contributed by atoms with E-state index in [1.54, 1.807) is 17.5 Å². The number of nitrogens with one attached hydrogen (secondary N) is 1. The minimum Gasteiger partial charge on any atom is -0.353 e. The van der Waals surface area contributed by atoms with Crippen LogP contribution in [0.3, 0.4) is 0 Å². The van der Waals surface area contributed by atoms with E-state index in [0.29, 0.717) is 38.3 Å². The van der Waals surface area contributed by atoms with Crippen LogP contribution in [0.1, 0.15) is 36.9 Å². The molecule has 0 radical (unpaired) electrons. The molecular formula is C33H36Cl2N6O2S. The number of aryl methyl sites for hydroxylation is 3. The molecule has 1 aliphatic heterocycles. The molecule has 1 N–H and O–H groups in total. The summed E-state index contributed by atoms with van der Waals surface area (Å²) in [5.41, 5.74) is 8.30. The number of aromatic nitrogens is 3. The van der Waals surface area contributed by atoms with E-state index in [9.17, 15) is 9.59 Å². The first kappa shape index (κ1) is 33.0. The van der Waals surface area contributed by atoms with E-state index in [1.807, 2.05) is 54.7 Å². The Balaban J connectivity index is 0.00000221. The van der Waals surface area contributed by atoms with E-state index >= 15 is 0 Å². The number of fused-ring (bicyclic) bond motifs is 1. The minimum absolute atomic E-state index is 0. The number of rotatable bonds is 7. The van der Waals surface area contributed by atoms with E-state index in [-0.39, 0.29) is 36.6 Å². The van der Waals surface area contributed by atoms with Gasteiger partial charge < -0.3 is 19.7 Å². The van der Waals surface area contributed by atoms with Crippen LogP contribution in [0.2, 0.25) is 0 Å². The summed E-state index contributed by atoms with van der Waals surface area (Å²) in [4.78, 5) is 40.9. The van der Waals surface area contributed by atoms with Gasteiger partial charge in [0.15, 0.2) is 0 Å². The van der Waals surface area contributed by atoms with Crippen LogP contribution in [0.4, 0.5) is 5.82 Å². The Labute approximate surface area is 273 Å². The molecule has 6 rings (SSSR count). The SMILES string of the molecule is Cc1ccc2c(c1)c(C(=O)N1CCN(c3ccc(C(=O)NCCc4scnc4C)cn3)CC1)c(-c1ccccc1)n2C.Cl.Cl. The maximum atomic E-state index is 14.1. The molecule has 1 saturated heterocycles. The lowest BCUT2D eigenvalue weighted by molar-refractivity contribution is 0.0748. The maximum Gasteiger partial charge on any atom is 0.256 e. The molecule has 0 unspecified atom stereocenters. The first-order valence-corrected chi connectivity index (χ1v) is 15.1. The monoisotopic (exact) mass is 650 g/mol. The van der Waals surface area contributed by atoms with Crippen LogP contribution < -0.4 is 10.2 Å². The minimum atomic E-state index is -0.133. The van der Waals surface area contributed by atoms with Crippen molar-refractivity contribution in [2.24, 2.45) is 7.05 Å². The van der Waals surface area contributed by atoms with Crippen molar-refractivity contribution in [2.45, 2.75) is 20.3 Å². The molecule has 5 aromatic rings. The molecule has 11 heteroatoms. The molecule has 8 nitrogen and oxygen atoms in total. The van der Waals surface area contributed by atoms with E-state index in [0.717, 1.165) is 51.2 Å². The second-order valence-electron chi connectivity index (χ2n) is 10.7. The second-order valence-corrected chi connectivity index (χ2v) is 11.7. The van der Waals surface area contributed by atoms with Crippen molar-refractivity contribution in [3.05, 3.63) is 99.6 Å². The summed E-state index contributed by atoms with van der Waals surface area (Å²) in [7, 11) is 2.03. The molecule has 0 saturated carbocycles. The number of hydrogen-bond acceptors (Lipinski definition) is 6. The average Bonchev–Trinajstić information content (AvgIpc) is 3.56. The lowest BCUT2D eigenvalue weighted by Crippen LogP contribution is -2.49. The third-order valence-electron chi connectivity index (χ3n) is 8.00. The lowest BCUT2D eigenvalue weighted by atomic mass is 10.0. The van der Waals surface area contributed by atoms with Crippen molar-refractivity contribution in [1.82, 2.24) is 24.8 Å². The van der Waals surface area contributed by atoms with Gasteiger partial charge in [-0.05, 0) is 43.7 Å². The van der Waals surface area contributed by atoms with Gasteiger partial charge in [-0.2, -0.15) is 0 Å². The van der Waals surface area contributed by atoms with Gasteiger partial charge in [0.2, 0.25) is 0 Å². The maximum absolute atomic E-state index is 14.1. The van der Waals surface area contributed by atoms with Gasteiger partial charge in [-0.3, -0.25) is 9.59 Å². The lowest BCUT2D eigenvalue weighted by Gasteiger charge is -2.35. The number of thiazole rings is 1. The molecule has 1 fully saturated rings. The standard InChI is InChI=1S/C33H34N6O2S.2ClH/c1-22-9-11-27-26(19-22)30(31(37(27)3)24-7-5-4-6-8-24)33(41)39-17-15-38(16-18-39)29-12-10-25(20-35-29)32(40)34-14-13-28-23(2)36-21-42-28;;/h4-12,19-21H,13-18H2,1-3H3,(H,34,40);2*1H. The van der Waals surface area contributed by atoms with Crippen molar-refractivity contribution < 1.29 is 9.59 Å². The molecule has 1 aliphatic rings. The highest BCUT2D eigenvalue weighted by Gasteiger charge is 2.29. The van der Waals surface area contributed by atoms with E-state index < -0.39 is 0 Å². The Morgan fingerprint density at radius 3 is 2.34 bits per heavy atom. The number of hydrogen-bond donors (Lipinski definition) is 1. The van der Waals surface area contributed by atoms with Crippen LogP contribution in [-0.4, -0.2) is 64.0 Å². The summed E-state index contributed by atoms with van der Waals surface area (Å²) in [6.45, 7) is 7.13. The number of pyridine rings is 1. The molecule has 4 heterocycles. The zero-order valence-corrected chi connectivity index (χ0v) is 27.4. The zero-order valence-electron chi connectivity index (χ0n) is 24.9. The van der Waals surface area contributed by atoms with Crippen LogP contribution in [0, 0.1) is 13.8 Å². The van der Waals surface area contributed by atoms with Crippen LogP contribution in [0.25, 0.3) is 22.2 Å². The average molecular weight is 652 g/mol. The Kier molecular flexibility index (Phi) is 10.7. The molecule has 2 aromatic carbocycles. The van der Waals surface area contributed by atoms with Gasteiger partial charge in [0.1, 0.15) is 5.82 Å². The van der Waals surface area contributed by atoms with E-state index in [2.05, 4.69) is 62.0 Å². The number of carbonyl (C=O) groups is 2. The van der Waals surface area contributed by atoms with Crippen LogP contribution in [-0.2, 0) is 13.5 Å². The highest BCUT2D eigenvalue weighted by atomic mass is 35.5. The Bertz CT molecular complexity index is 1750. The third kappa shape index (κ3) is 6.60. The zero-order chi connectivity index (χ0) is 29.2. The van der Waals surface area contributed by atoms with E-state index in [4.69, 9.17) is 0 Å². The molecular weight excluding hydrogens is 615 g/mol. The van der Waals surface area contributed by atoms with E-state index in [1.165, 1.54) is 4.88 Å². The fraction of sp³-hybridized carbons (Fsp3) is 0.273. The van der Waals surface area contributed by atoms with Crippen LogP contribution >= 0.6 is 36.2 Å². The van der Waals surface area contributed by atoms with Crippen molar-refractivity contribution in [2.75, 3.05) is 37.6 Å². The summed E-state index contributed by atoms with van der Waals surface area (Å²) >= 11 is 1.61. The number of anilines is 1. The largest absolute Gasteiger partial charge is 0.353 e. The van der Waals surface area contributed by atoms with Gasteiger partial charge in [-0.1, -0.05) is 42.0 Å². The highest BCUT2D eigenvalue weighted by molar-refractivity contribution is 7.09. The fourth-order valence-electron chi connectivity index (χ4n) is 5.67. The molecule has 2 amide bonds. The molecule has 3 aromatic heterocycles. The van der Waals surface area contributed by atoms with Crippen LogP contribution in [0.15, 0.2) is 72.4 Å². The predicted molar refractivity (Wildman–Crippen MR) is 183 cm³/mol. The number of piperazine rings is 1. The number of halogens is 2. The molecule has 0 aliphatic carbocycles. The third-order valence-corrected chi connectivity index (χ3v) is 8.99. The summed E-state index contributed by atoms with van der Waals surface area (Å²) in [6, 6.07) is 20.2. The van der Waals surface area contributed by atoms with Crippen LogP contribution in [0.5, 0.6) is 0 Å². The predicted octanol–water partition coefficient (Wildman–Crippen LogP) is 6.09. The van der Waals surface area contributed by atoms with Gasteiger partial charge in [0.25, 0.3) is 11.8 Å². The second kappa shape index (κ2) is 14.2. The quantitative estimate of drug-likeness (QED) is 0.230. The van der Waals surface area contributed by atoms with Crippen molar-refractivity contribution in [1.29, 1.82) is 0 Å². The molecule has 44 heavy (non-hydrogen) atoms. The van der Waals surface area contributed by atoms with Gasteiger partial charge in [0.05, 0.1) is 28.0 Å². The van der Waals surface area contributed by atoms with Gasteiger partial charge in [-0.15, -0.1) is 36.2 Å². The number of nitrogens with zero attached hydrogens (tertiary/aromatic N) is 5. The molecule has 0 atom stereocenters. The molecule has 0 spiro atoms. The summed E-state index contributed by atoms with van der Waals surface area (Å²) < 4.78 is 2.13. The highest BCUT2D eigenvalue weighted by Crippen LogP contribution is 2.35. The van der Waals surface area contributed by atoms with Gasteiger partial charge >= 0.3 is 0 Å². The van der Waals surface area contributed by atoms with Crippen molar-refractivity contribution >= 4 is 64.7 Å². The topological polar surface area (TPSA) is 83.4 Å². The summed E-state index contributed by atoms with van der Waals surface area (Å²) in [6.07, 6.45) is 2.40. The first-order valence-electron chi connectivity index (χ1n) is 14.2.